The van der Waals surface area contributed by atoms with Crippen LogP contribution in [0.4, 0.5) is 0 Å². The van der Waals surface area contributed by atoms with Crippen LogP contribution in [0.5, 0.6) is 0 Å². The topological polar surface area (TPSA) is 67.5 Å². The molecule has 1 saturated heterocycles. The Morgan fingerprint density at radius 1 is 1.41 bits per heavy atom. The predicted octanol–water partition coefficient (Wildman–Crippen LogP) is 1.02. The summed E-state index contributed by atoms with van der Waals surface area (Å²) in [5, 5.41) is 12.7. The molecule has 1 heterocycles. The van der Waals surface area contributed by atoms with Crippen LogP contribution in [0.25, 0.3) is 0 Å². The third kappa shape index (κ3) is 4.21. The van der Waals surface area contributed by atoms with E-state index in [1.807, 2.05) is 0 Å². The van der Waals surface area contributed by atoms with Gasteiger partial charge >= 0.3 is 0 Å². The predicted molar refractivity (Wildman–Crippen MR) is 69.9 cm³/mol. The lowest BCUT2D eigenvalue weighted by Gasteiger charge is -2.45. The van der Waals surface area contributed by atoms with Crippen molar-refractivity contribution in [1.29, 1.82) is 0 Å². The van der Waals surface area contributed by atoms with Gasteiger partial charge in [0.15, 0.2) is 0 Å². The molecule has 0 bridgehead atoms. The average molecular weight is 244 g/mol. The standard InChI is InChI=1S/C13H28N2O2/c1-4-12(5-6-16)15-13(9-14)7-10(2)17-11(3)8-13/h10-12,15-16H,4-9,14H2,1-3H3. The van der Waals surface area contributed by atoms with Crippen LogP contribution in [0.1, 0.15) is 46.5 Å². The molecule has 0 aromatic rings. The van der Waals surface area contributed by atoms with E-state index in [1.165, 1.54) is 0 Å². The van der Waals surface area contributed by atoms with Crippen molar-refractivity contribution >= 4 is 0 Å². The fourth-order valence-corrected chi connectivity index (χ4v) is 2.99. The van der Waals surface area contributed by atoms with E-state index in [1.54, 1.807) is 0 Å². The van der Waals surface area contributed by atoms with Crippen molar-refractivity contribution in [3.05, 3.63) is 0 Å². The minimum absolute atomic E-state index is 0.0209. The molecule has 0 amide bonds. The van der Waals surface area contributed by atoms with E-state index in [4.69, 9.17) is 15.6 Å². The van der Waals surface area contributed by atoms with Gasteiger partial charge in [-0.25, -0.2) is 0 Å². The van der Waals surface area contributed by atoms with E-state index in [0.29, 0.717) is 12.6 Å². The Morgan fingerprint density at radius 3 is 2.41 bits per heavy atom. The summed E-state index contributed by atoms with van der Waals surface area (Å²) in [6, 6.07) is 0.348. The maximum atomic E-state index is 9.06. The molecule has 4 nitrogen and oxygen atoms in total. The SMILES string of the molecule is CCC(CCO)NC1(CN)CC(C)OC(C)C1. The summed E-state index contributed by atoms with van der Waals surface area (Å²) in [6.45, 7) is 7.22. The van der Waals surface area contributed by atoms with Crippen LogP contribution in [0, 0.1) is 0 Å². The normalized spacial score (nSPS) is 35.8. The highest BCUT2D eigenvalue weighted by Crippen LogP contribution is 2.29. The third-order valence-corrected chi connectivity index (χ3v) is 3.69. The van der Waals surface area contributed by atoms with E-state index in [-0.39, 0.29) is 24.4 Å². The van der Waals surface area contributed by atoms with Gasteiger partial charge in [-0.15, -0.1) is 0 Å². The van der Waals surface area contributed by atoms with E-state index >= 15 is 0 Å². The van der Waals surface area contributed by atoms with Gasteiger partial charge in [0.2, 0.25) is 0 Å². The lowest BCUT2D eigenvalue weighted by atomic mass is 9.83. The Labute approximate surface area is 105 Å². The number of hydrogen-bond acceptors (Lipinski definition) is 4. The molecule has 0 aromatic carbocycles. The summed E-state index contributed by atoms with van der Waals surface area (Å²) in [7, 11) is 0. The molecule has 3 unspecified atom stereocenters. The smallest absolute Gasteiger partial charge is 0.0568 e. The lowest BCUT2D eigenvalue weighted by molar-refractivity contribution is -0.0699. The first-order valence-corrected chi connectivity index (χ1v) is 6.79. The number of hydrogen-bond donors (Lipinski definition) is 3. The number of nitrogens with one attached hydrogen (secondary N) is 1. The highest BCUT2D eigenvalue weighted by molar-refractivity contribution is 4.97. The number of rotatable bonds is 6. The number of nitrogens with two attached hydrogens (primary N) is 1. The molecular weight excluding hydrogens is 216 g/mol. The second kappa shape index (κ2) is 6.69. The van der Waals surface area contributed by atoms with Gasteiger partial charge < -0.3 is 20.9 Å². The monoisotopic (exact) mass is 244 g/mol. The van der Waals surface area contributed by atoms with E-state index in [2.05, 4.69) is 26.1 Å². The van der Waals surface area contributed by atoms with Crippen LogP contribution >= 0.6 is 0 Å². The molecule has 3 atom stereocenters. The quantitative estimate of drug-likeness (QED) is 0.652. The molecule has 102 valence electrons. The van der Waals surface area contributed by atoms with Gasteiger partial charge in [0, 0.05) is 24.7 Å². The zero-order valence-corrected chi connectivity index (χ0v) is 11.4. The first-order valence-electron chi connectivity index (χ1n) is 6.79. The molecule has 1 aliphatic heterocycles. The number of aliphatic hydroxyl groups is 1. The molecule has 1 aliphatic rings. The van der Waals surface area contributed by atoms with Gasteiger partial charge in [-0.1, -0.05) is 6.92 Å². The van der Waals surface area contributed by atoms with Crippen LogP contribution in [-0.2, 0) is 4.74 Å². The van der Waals surface area contributed by atoms with Crippen molar-refractivity contribution in [1.82, 2.24) is 5.32 Å². The van der Waals surface area contributed by atoms with Crippen molar-refractivity contribution in [3.63, 3.8) is 0 Å². The minimum Gasteiger partial charge on any atom is -0.396 e. The van der Waals surface area contributed by atoms with E-state index < -0.39 is 0 Å². The Hall–Kier alpha value is -0.160. The second-order valence-corrected chi connectivity index (χ2v) is 5.41. The van der Waals surface area contributed by atoms with Gasteiger partial charge in [-0.2, -0.15) is 0 Å². The van der Waals surface area contributed by atoms with Crippen LogP contribution < -0.4 is 11.1 Å². The first-order chi connectivity index (χ1) is 8.05. The third-order valence-electron chi connectivity index (χ3n) is 3.69. The van der Waals surface area contributed by atoms with Crippen molar-refractivity contribution in [2.75, 3.05) is 13.2 Å². The molecule has 0 radical (unpaired) electrons. The zero-order chi connectivity index (χ0) is 12.9. The highest BCUT2D eigenvalue weighted by atomic mass is 16.5. The van der Waals surface area contributed by atoms with Gasteiger partial charge in [-0.05, 0) is 39.5 Å². The Kier molecular flexibility index (Phi) is 5.86. The minimum atomic E-state index is -0.0209. The van der Waals surface area contributed by atoms with Crippen molar-refractivity contribution in [2.45, 2.75) is 70.2 Å². The number of aliphatic hydroxyl groups excluding tert-OH is 1. The van der Waals surface area contributed by atoms with E-state index in [0.717, 1.165) is 25.7 Å². The van der Waals surface area contributed by atoms with Gasteiger partial charge in [-0.3, -0.25) is 0 Å². The first kappa shape index (κ1) is 14.9. The molecule has 1 rings (SSSR count). The fourth-order valence-electron chi connectivity index (χ4n) is 2.99. The second-order valence-electron chi connectivity index (χ2n) is 5.41. The van der Waals surface area contributed by atoms with Crippen molar-refractivity contribution in [2.24, 2.45) is 5.73 Å². The molecule has 17 heavy (non-hydrogen) atoms. The zero-order valence-electron chi connectivity index (χ0n) is 11.4. The number of ether oxygens (including phenoxy) is 1. The Bertz CT molecular complexity index is 213. The summed E-state index contributed by atoms with van der Waals surface area (Å²) in [4.78, 5) is 0. The summed E-state index contributed by atoms with van der Waals surface area (Å²) in [5.74, 6) is 0. The molecule has 4 N–H and O–H groups in total. The van der Waals surface area contributed by atoms with Crippen LogP contribution in [-0.4, -0.2) is 42.0 Å². The van der Waals surface area contributed by atoms with Crippen LogP contribution in [0.3, 0.4) is 0 Å². The molecular formula is C13H28N2O2. The van der Waals surface area contributed by atoms with E-state index in [9.17, 15) is 0 Å². The van der Waals surface area contributed by atoms with Crippen molar-refractivity contribution in [3.8, 4) is 0 Å². The molecule has 0 aliphatic carbocycles. The molecule has 4 heteroatoms. The Morgan fingerprint density at radius 2 is 2.00 bits per heavy atom. The fraction of sp³-hybridized carbons (Fsp3) is 1.00. The largest absolute Gasteiger partial charge is 0.396 e. The highest BCUT2D eigenvalue weighted by Gasteiger charge is 2.38. The maximum Gasteiger partial charge on any atom is 0.0568 e. The molecule has 1 fully saturated rings. The molecule has 0 aromatic heterocycles. The molecule has 0 spiro atoms. The van der Waals surface area contributed by atoms with Crippen LogP contribution in [0.15, 0.2) is 0 Å². The summed E-state index contributed by atoms with van der Waals surface area (Å²) in [6.07, 6.45) is 4.22. The maximum absolute atomic E-state index is 9.06. The van der Waals surface area contributed by atoms with Gasteiger partial charge in [0.05, 0.1) is 12.2 Å². The van der Waals surface area contributed by atoms with Crippen LogP contribution in [0.2, 0.25) is 0 Å². The lowest BCUT2D eigenvalue weighted by Crippen LogP contribution is -2.60. The average Bonchev–Trinajstić information content (AvgIpc) is 2.27. The van der Waals surface area contributed by atoms with Crippen molar-refractivity contribution < 1.29 is 9.84 Å². The molecule has 0 saturated carbocycles. The summed E-state index contributed by atoms with van der Waals surface area (Å²) >= 11 is 0. The van der Waals surface area contributed by atoms with Gasteiger partial charge in [0.1, 0.15) is 0 Å². The van der Waals surface area contributed by atoms with Gasteiger partial charge in [0.25, 0.3) is 0 Å². The Balaban J connectivity index is 2.66. The summed E-state index contributed by atoms with van der Waals surface area (Å²) < 4.78 is 5.77. The summed E-state index contributed by atoms with van der Waals surface area (Å²) in [5.41, 5.74) is 5.96.